The third kappa shape index (κ3) is 3.90. The Bertz CT molecular complexity index is 537. The van der Waals surface area contributed by atoms with Crippen molar-refractivity contribution in [3.8, 4) is 11.5 Å². The van der Waals surface area contributed by atoms with Crippen LogP contribution in [-0.4, -0.2) is 50.7 Å². The molecule has 0 aliphatic carbocycles. The molecule has 6 heteroatoms. The van der Waals surface area contributed by atoms with Crippen molar-refractivity contribution in [2.45, 2.75) is 19.3 Å². The smallest absolute Gasteiger partial charge is 0.342 e. The Kier molecular flexibility index (Phi) is 5.63. The molecule has 120 valence electrons. The minimum atomic E-state index is -0.579. The number of likely N-dealkylation sites (tertiary alicyclic amines) is 1. The van der Waals surface area contributed by atoms with Gasteiger partial charge >= 0.3 is 5.97 Å². The van der Waals surface area contributed by atoms with Crippen LogP contribution >= 0.6 is 0 Å². The number of ether oxygens (including phenoxy) is 3. The fraction of sp³-hybridized carbons (Fsp3) is 0.500. The van der Waals surface area contributed by atoms with Crippen LogP contribution in [0.3, 0.4) is 0 Å². The zero-order valence-corrected chi connectivity index (χ0v) is 13.0. The van der Waals surface area contributed by atoms with Crippen molar-refractivity contribution in [3.05, 3.63) is 23.8 Å². The first-order valence-electron chi connectivity index (χ1n) is 7.32. The van der Waals surface area contributed by atoms with Crippen molar-refractivity contribution >= 4 is 11.9 Å². The lowest BCUT2D eigenvalue weighted by molar-refractivity contribution is -0.135. The Morgan fingerprint density at radius 2 is 1.82 bits per heavy atom. The van der Waals surface area contributed by atoms with Gasteiger partial charge in [0.15, 0.2) is 6.61 Å². The van der Waals surface area contributed by atoms with Crippen LogP contribution in [0, 0.1) is 0 Å². The Morgan fingerprint density at radius 3 is 2.45 bits per heavy atom. The monoisotopic (exact) mass is 307 g/mol. The fourth-order valence-corrected chi connectivity index (χ4v) is 2.41. The molecule has 0 saturated carbocycles. The lowest BCUT2D eigenvalue weighted by atomic mass is 10.1. The molecule has 0 aromatic heterocycles. The molecule has 22 heavy (non-hydrogen) atoms. The predicted molar refractivity (Wildman–Crippen MR) is 80.3 cm³/mol. The zero-order valence-electron chi connectivity index (χ0n) is 13.0. The van der Waals surface area contributed by atoms with Gasteiger partial charge in [-0.2, -0.15) is 0 Å². The summed E-state index contributed by atoms with van der Waals surface area (Å²) in [5.41, 5.74) is 0.273. The number of nitrogens with zero attached hydrogens (tertiary/aromatic N) is 1. The molecule has 1 aliphatic rings. The second-order valence-electron chi connectivity index (χ2n) is 5.08. The predicted octanol–water partition coefficient (Wildman–Crippen LogP) is 1.87. The summed E-state index contributed by atoms with van der Waals surface area (Å²) in [6.45, 7) is 1.23. The largest absolute Gasteiger partial charge is 0.497 e. The van der Waals surface area contributed by atoms with Gasteiger partial charge in [-0.15, -0.1) is 0 Å². The number of methoxy groups -OCH3 is 2. The quantitative estimate of drug-likeness (QED) is 0.777. The average Bonchev–Trinajstić information content (AvgIpc) is 2.59. The van der Waals surface area contributed by atoms with E-state index in [9.17, 15) is 9.59 Å². The van der Waals surface area contributed by atoms with Crippen LogP contribution in [0.15, 0.2) is 18.2 Å². The molecule has 0 radical (unpaired) electrons. The van der Waals surface area contributed by atoms with Crippen molar-refractivity contribution < 1.29 is 23.8 Å². The van der Waals surface area contributed by atoms with E-state index < -0.39 is 5.97 Å². The molecular weight excluding hydrogens is 286 g/mol. The van der Waals surface area contributed by atoms with Crippen LogP contribution in [0.4, 0.5) is 0 Å². The Labute approximate surface area is 129 Å². The summed E-state index contributed by atoms with van der Waals surface area (Å²) in [4.78, 5) is 25.8. The topological polar surface area (TPSA) is 65.1 Å². The van der Waals surface area contributed by atoms with E-state index in [1.54, 1.807) is 23.1 Å². The van der Waals surface area contributed by atoms with E-state index >= 15 is 0 Å². The first-order valence-corrected chi connectivity index (χ1v) is 7.32. The van der Waals surface area contributed by atoms with Gasteiger partial charge in [0.1, 0.15) is 17.1 Å². The average molecular weight is 307 g/mol. The highest BCUT2D eigenvalue weighted by Gasteiger charge is 2.20. The number of piperidine rings is 1. The fourth-order valence-electron chi connectivity index (χ4n) is 2.41. The summed E-state index contributed by atoms with van der Waals surface area (Å²) in [5, 5.41) is 0. The van der Waals surface area contributed by atoms with Gasteiger partial charge < -0.3 is 19.1 Å². The minimum absolute atomic E-state index is 0.152. The van der Waals surface area contributed by atoms with E-state index in [0.29, 0.717) is 11.5 Å². The number of hydrogen-bond donors (Lipinski definition) is 0. The maximum Gasteiger partial charge on any atom is 0.342 e. The van der Waals surface area contributed by atoms with E-state index in [-0.39, 0.29) is 18.1 Å². The van der Waals surface area contributed by atoms with Gasteiger partial charge in [-0.1, -0.05) is 0 Å². The molecule has 1 aromatic carbocycles. The molecule has 6 nitrogen and oxygen atoms in total. The van der Waals surface area contributed by atoms with Gasteiger partial charge in [0.2, 0.25) is 0 Å². The van der Waals surface area contributed by atoms with Gasteiger partial charge in [-0.3, -0.25) is 4.79 Å². The van der Waals surface area contributed by atoms with Crippen LogP contribution in [0.2, 0.25) is 0 Å². The minimum Gasteiger partial charge on any atom is -0.497 e. The Morgan fingerprint density at radius 1 is 1.09 bits per heavy atom. The van der Waals surface area contributed by atoms with Gasteiger partial charge in [-0.05, 0) is 31.4 Å². The summed E-state index contributed by atoms with van der Waals surface area (Å²) >= 11 is 0. The summed E-state index contributed by atoms with van der Waals surface area (Å²) in [7, 11) is 2.99. The first-order chi connectivity index (χ1) is 10.7. The zero-order chi connectivity index (χ0) is 15.9. The van der Waals surface area contributed by atoms with Gasteiger partial charge in [0.05, 0.1) is 14.2 Å². The lowest BCUT2D eigenvalue weighted by Gasteiger charge is -2.26. The first kappa shape index (κ1) is 16.1. The van der Waals surface area contributed by atoms with Crippen LogP contribution in [-0.2, 0) is 9.53 Å². The van der Waals surface area contributed by atoms with Crippen molar-refractivity contribution in [2.75, 3.05) is 33.9 Å². The van der Waals surface area contributed by atoms with Crippen molar-refractivity contribution in [3.63, 3.8) is 0 Å². The maximum absolute atomic E-state index is 12.1. The summed E-state index contributed by atoms with van der Waals surface area (Å²) in [5.74, 6) is 0.206. The molecule has 0 atom stereocenters. The van der Waals surface area contributed by atoms with Crippen LogP contribution in [0.25, 0.3) is 0 Å². The molecule has 1 amide bonds. The Hall–Kier alpha value is -2.24. The highest BCUT2D eigenvalue weighted by molar-refractivity contribution is 5.94. The summed E-state index contributed by atoms with van der Waals surface area (Å²) in [6, 6.07) is 4.81. The van der Waals surface area contributed by atoms with E-state index in [4.69, 9.17) is 14.2 Å². The number of amides is 1. The normalized spacial score (nSPS) is 14.4. The molecule has 1 aromatic rings. The van der Waals surface area contributed by atoms with E-state index in [1.807, 2.05) is 0 Å². The van der Waals surface area contributed by atoms with Crippen LogP contribution in [0.1, 0.15) is 29.6 Å². The number of hydrogen-bond acceptors (Lipinski definition) is 5. The molecule has 0 N–H and O–H groups in total. The van der Waals surface area contributed by atoms with Gasteiger partial charge in [0.25, 0.3) is 5.91 Å². The van der Waals surface area contributed by atoms with Gasteiger partial charge in [-0.25, -0.2) is 4.79 Å². The van der Waals surface area contributed by atoms with E-state index in [2.05, 4.69) is 0 Å². The van der Waals surface area contributed by atoms with Crippen molar-refractivity contribution in [1.82, 2.24) is 4.90 Å². The number of carbonyl (C=O) groups is 2. The maximum atomic E-state index is 12.1. The summed E-state index contributed by atoms with van der Waals surface area (Å²) < 4.78 is 15.3. The summed E-state index contributed by atoms with van der Waals surface area (Å²) in [6.07, 6.45) is 3.16. The molecule has 1 fully saturated rings. The third-order valence-corrected chi connectivity index (χ3v) is 3.66. The van der Waals surface area contributed by atoms with Crippen molar-refractivity contribution in [2.24, 2.45) is 0 Å². The molecule has 2 rings (SSSR count). The molecule has 0 unspecified atom stereocenters. The number of benzene rings is 1. The van der Waals surface area contributed by atoms with Crippen LogP contribution in [0.5, 0.6) is 11.5 Å². The highest BCUT2D eigenvalue weighted by Crippen LogP contribution is 2.25. The molecule has 0 bridgehead atoms. The third-order valence-electron chi connectivity index (χ3n) is 3.66. The lowest BCUT2D eigenvalue weighted by Crippen LogP contribution is -2.38. The Balaban J connectivity index is 1.95. The molecule has 1 aliphatic heterocycles. The van der Waals surface area contributed by atoms with Crippen molar-refractivity contribution in [1.29, 1.82) is 0 Å². The molecule has 1 saturated heterocycles. The van der Waals surface area contributed by atoms with Crippen LogP contribution < -0.4 is 9.47 Å². The second kappa shape index (κ2) is 7.68. The van der Waals surface area contributed by atoms with E-state index in [1.165, 1.54) is 14.2 Å². The molecular formula is C16H21NO5. The standard InChI is InChI=1S/C16H21NO5/c1-20-12-6-7-13(14(10-12)21-2)16(19)22-11-15(18)17-8-4-3-5-9-17/h6-7,10H,3-5,8-9,11H2,1-2H3. The highest BCUT2D eigenvalue weighted by atomic mass is 16.5. The SMILES string of the molecule is COc1ccc(C(=O)OCC(=O)N2CCCCC2)c(OC)c1. The second-order valence-corrected chi connectivity index (χ2v) is 5.08. The number of esters is 1. The molecule has 1 heterocycles. The van der Waals surface area contributed by atoms with Gasteiger partial charge in [0, 0.05) is 19.2 Å². The van der Waals surface area contributed by atoms with E-state index in [0.717, 1.165) is 32.4 Å². The number of rotatable bonds is 5. The molecule has 0 spiro atoms. The number of carbonyl (C=O) groups excluding carboxylic acids is 2.